The van der Waals surface area contributed by atoms with E-state index in [0.29, 0.717) is 17.7 Å². The van der Waals surface area contributed by atoms with Crippen molar-refractivity contribution in [3.05, 3.63) is 107 Å². The summed E-state index contributed by atoms with van der Waals surface area (Å²) in [6, 6.07) is 22.9. The maximum Gasteiger partial charge on any atom is 0.411 e. The first kappa shape index (κ1) is 22.1. The molecule has 7 heteroatoms. The van der Waals surface area contributed by atoms with Gasteiger partial charge in [-0.05, 0) is 41.0 Å². The summed E-state index contributed by atoms with van der Waals surface area (Å²) in [5.74, 6) is -0.873. The largest absolute Gasteiger partial charge is 0.465 e. The van der Waals surface area contributed by atoms with Crippen LogP contribution in [0.25, 0.3) is 0 Å². The quantitative estimate of drug-likeness (QED) is 0.404. The minimum atomic E-state index is -0.600. The molecule has 1 fully saturated rings. The molecule has 2 unspecified atom stereocenters. The Balaban J connectivity index is 1.71. The number of carbonyl (C=O) groups is 3. The van der Waals surface area contributed by atoms with E-state index in [9.17, 15) is 14.4 Å². The number of benzene rings is 3. The van der Waals surface area contributed by atoms with E-state index in [-0.39, 0.29) is 0 Å². The number of rotatable bonds is 6. The molecule has 0 saturated carbocycles. The molecule has 0 N–H and O–H groups in total. The van der Waals surface area contributed by atoms with Crippen molar-refractivity contribution in [1.29, 1.82) is 0 Å². The molecule has 1 saturated heterocycles. The third-order valence-electron chi connectivity index (χ3n) is 5.61. The van der Waals surface area contributed by atoms with Gasteiger partial charge in [-0.2, -0.15) is 0 Å². The van der Waals surface area contributed by atoms with Crippen LogP contribution in [0.5, 0.6) is 0 Å². The van der Waals surface area contributed by atoms with Crippen LogP contribution in [0.15, 0.2) is 78.9 Å². The summed E-state index contributed by atoms with van der Waals surface area (Å²) in [4.78, 5) is 38.3. The molecule has 4 rings (SSSR count). The van der Waals surface area contributed by atoms with Crippen LogP contribution in [-0.4, -0.2) is 37.2 Å². The molecule has 0 aromatic heterocycles. The van der Waals surface area contributed by atoms with Crippen LogP contribution in [-0.2, 0) is 20.8 Å². The second-order valence-corrected chi connectivity index (χ2v) is 7.59. The van der Waals surface area contributed by atoms with Crippen molar-refractivity contribution < 1.29 is 28.6 Å². The van der Waals surface area contributed by atoms with Crippen LogP contribution >= 0.6 is 0 Å². The van der Waals surface area contributed by atoms with Crippen molar-refractivity contribution in [2.24, 2.45) is 0 Å². The predicted molar refractivity (Wildman–Crippen MR) is 120 cm³/mol. The highest BCUT2D eigenvalue weighted by atomic mass is 16.6. The van der Waals surface area contributed by atoms with E-state index in [1.807, 2.05) is 30.3 Å². The van der Waals surface area contributed by atoms with Gasteiger partial charge in [0, 0.05) is 6.54 Å². The lowest BCUT2D eigenvalue weighted by atomic mass is 9.94. The van der Waals surface area contributed by atoms with Gasteiger partial charge in [-0.3, -0.25) is 4.90 Å². The van der Waals surface area contributed by atoms with Crippen molar-refractivity contribution >= 4 is 18.0 Å². The monoisotopic (exact) mass is 445 g/mol. The molecule has 0 spiro atoms. The smallest absolute Gasteiger partial charge is 0.411 e. The van der Waals surface area contributed by atoms with Crippen LogP contribution in [0, 0.1) is 0 Å². The summed E-state index contributed by atoms with van der Waals surface area (Å²) in [5.41, 5.74) is 3.35. The average molecular weight is 445 g/mol. The Labute approximate surface area is 191 Å². The molecule has 1 aliphatic rings. The first-order valence-corrected chi connectivity index (χ1v) is 10.4. The van der Waals surface area contributed by atoms with E-state index in [1.54, 1.807) is 53.4 Å². The van der Waals surface area contributed by atoms with Crippen molar-refractivity contribution in [3.63, 3.8) is 0 Å². The first-order chi connectivity index (χ1) is 16.0. The van der Waals surface area contributed by atoms with Gasteiger partial charge >= 0.3 is 18.0 Å². The molecular formula is C26H23NO6. The molecular weight excluding hydrogens is 422 g/mol. The van der Waals surface area contributed by atoms with Crippen LogP contribution in [0.2, 0.25) is 0 Å². The zero-order valence-corrected chi connectivity index (χ0v) is 18.3. The lowest BCUT2D eigenvalue weighted by Gasteiger charge is -2.25. The van der Waals surface area contributed by atoms with Crippen LogP contribution in [0.4, 0.5) is 4.79 Å². The summed E-state index contributed by atoms with van der Waals surface area (Å²) >= 11 is 0. The lowest BCUT2D eigenvalue weighted by Crippen LogP contribution is -2.27. The van der Waals surface area contributed by atoms with Crippen molar-refractivity contribution in [2.45, 2.75) is 18.7 Å². The molecule has 1 heterocycles. The van der Waals surface area contributed by atoms with Gasteiger partial charge in [0.2, 0.25) is 0 Å². The molecule has 0 bridgehead atoms. The van der Waals surface area contributed by atoms with Crippen molar-refractivity contribution in [3.8, 4) is 0 Å². The van der Waals surface area contributed by atoms with Gasteiger partial charge in [0.1, 0.15) is 6.04 Å². The standard InChI is InChI=1S/C26H23NO6/c1-31-24(28)20-12-8-18(9-13-20)22-23(19-10-14-21(15-11-19)25(29)32-2)33-26(30)27(22)16-17-6-4-3-5-7-17/h3-15,22-23H,16H2,1-2H3. The molecule has 1 amide bonds. The van der Waals surface area contributed by atoms with E-state index >= 15 is 0 Å². The molecule has 2 atom stereocenters. The van der Waals surface area contributed by atoms with Gasteiger partial charge in [-0.15, -0.1) is 0 Å². The zero-order valence-electron chi connectivity index (χ0n) is 18.3. The topological polar surface area (TPSA) is 82.1 Å². The zero-order chi connectivity index (χ0) is 23.4. The van der Waals surface area contributed by atoms with Crippen LogP contribution in [0.1, 0.15) is 49.6 Å². The van der Waals surface area contributed by atoms with Crippen molar-refractivity contribution in [1.82, 2.24) is 4.90 Å². The number of carbonyl (C=O) groups excluding carboxylic acids is 3. The number of ether oxygens (including phenoxy) is 3. The Kier molecular flexibility index (Phi) is 6.40. The van der Waals surface area contributed by atoms with E-state index in [1.165, 1.54) is 14.2 Å². The van der Waals surface area contributed by atoms with Crippen molar-refractivity contribution in [2.75, 3.05) is 14.2 Å². The normalized spacial score (nSPS) is 17.4. The van der Waals surface area contributed by atoms with Crippen LogP contribution < -0.4 is 0 Å². The summed E-state index contributed by atoms with van der Waals surface area (Å²) < 4.78 is 15.3. The molecule has 1 aliphatic heterocycles. The highest BCUT2D eigenvalue weighted by Crippen LogP contribution is 2.44. The Morgan fingerprint density at radius 2 is 1.30 bits per heavy atom. The second-order valence-electron chi connectivity index (χ2n) is 7.59. The van der Waals surface area contributed by atoms with Gasteiger partial charge in [-0.1, -0.05) is 54.6 Å². The number of esters is 2. The Bertz CT molecular complexity index is 1140. The summed E-state index contributed by atoms with van der Waals surface area (Å²) in [6.45, 7) is 0.361. The first-order valence-electron chi connectivity index (χ1n) is 10.4. The SMILES string of the molecule is COC(=O)c1ccc(C2OC(=O)N(Cc3ccccc3)C2c2ccc(C(=O)OC)cc2)cc1. The number of amides is 1. The maximum atomic E-state index is 12.9. The number of hydrogen-bond donors (Lipinski definition) is 0. The van der Waals surface area contributed by atoms with E-state index in [4.69, 9.17) is 14.2 Å². The number of hydrogen-bond acceptors (Lipinski definition) is 6. The number of methoxy groups -OCH3 is 2. The highest BCUT2D eigenvalue weighted by Gasteiger charge is 2.43. The average Bonchev–Trinajstić information content (AvgIpc) is 3.19. The van der Waals surface area contributed by atoms with Gasteiger partial charge in [0.15, 0.2) is 6.10 Å². The summed E-state index contributed by atoms with van der Waals surface area (Å²) in [5, 5.41) is 0. The fourth-order valence-electron chi connectivity index (χ4n) is 3.93. The minimum absolute atomic E-state index is 0.361. The third kappa shape index (κ3) is 4.57. The van der Waals surface area contributed by atoms with Gasteiger partial charge in [0.25, 0.3) is 0 Å². The Morgan fingerprint density at radius 1 is 0.788 bits per heavy atom. The van der Waals surface area contributed by atoms with Gasteiger partial charge in [0.05, 0.1) is 25.3 Å². The van der Waals surface area contributed by atoms with Gasteiger partial charge in [-0.25, -0.2) is 14.4 Å². The molecule has 3 aromatic rings. The predicted octanol–water partition coefficient (Wildman–Crippen LogP) is 4.69. The highest BCUT2D eigenvalue weighted by molar-refractivity contribution is 5.89. The summed E-state index contributed by atoms with van der Waals surface area (Å²) in [7, 11) is 2.65. The molecule has 7 nitrogen and oxygen atoms in total. The van der Waals surface area contributed by atoms with Crippen LogP contribution in [0.3, 0.4) is 0 Å². The Hall–Kier alpha value is -4.13. The minimum Gasteiger partial charge on any atom is -0.465 e. The molecule has 33 heavy (non-hydrogen) atoms. The van der Waals surface area contributed by atoms with E-state index in [2.05, 4.69) is 0 Å². The maximum absolute atomic E-state index is 12.9. The number of cyclic esters (lactones) is 1. The third-order valence-corrected chi connectivity index (χ3v) is 5.61. The fourth-order valence-corrected chi connectivity index (χ4v) is 3.93. The molecule has 3 aromatic carbocycles. The number of nitrogens with zero attached hydrogens (tertiary/aromatic N) is 1. The fraction of sp³-hybridized carbons (Fsp3) is 0.192. The molecule has 0 radical (unpaired) electrons. The van der Waals surface area contributed by atoms with E-state index < -0.39 is 30.2 Å². The Morgan fingerprint density at radius 3 is 1.82 bits per heavy atom. The van der Waals surface area contributed by atoms with E-state index in [0.717, 1.165) is 16.7 Å². The molecule has 168 valence electrons. The second kappa shape index (κ2) is 9.56. The van der Waals surface area contributed by atoms with Gasteiger partial charge < -0.3 is 14.2 Å². The lowest BCUT2D eigenvalue weighted by molar-refractivity contribution is 0.0591. The summed E-state index contributed by atoms with van der Waals surface area (Å²) in [6.07, 6.45) is -1.04. The molecule has 0 aliphatic carbocycles.